The van der Waals surface area contributed by atoms with Crippen LogP contribution in [-0.2, 0) is 9.59 Å². The molecule has 1 N–H and O–H groups in total. The fourth-order valence-electron chi connectivity index (χ4n) is 2.09. The molecule has 1 aliphatic carbocycles. The molecular formula is C12H9BrN2O3. The topological polar surface area (TPSA) is 66.5 Å². The highest BCUT2D eigenvalue weighted by Crippen LogP contribution is 2.50. The van der Waals surface area contributed by atoms with Crippen LogP contribution in [0.3, 0.4) is 0 Å². The first-order valence-corrected chi connectivity index (χ1v) is 6.30. The molecule has 6 heteroatoms. The maximum absolute atomic E-state index is 12.3. The highest BCUT2D eigenvalue weighted by Gasteiger charge is 2.62. The predicted molar refractivity (Wildman–Crippen MR) is 66.8 cm³/mol. The van der Waals surface area contributed by atoms with Crippen LogP contribution in [0.15, 0.2) is 28.7 Å². The minimum absolute atomic E-state index is 0.428. The van der Waals surface area contributed by atoms with E-state index in [1.54, 1.807) is 24.3 Å². The van der Waals surface area contributed by atoms with E-state index in [0.29, 0.717) is 23.0 Å². The van der Waals surface area contributed by atoms with Crippen LogP contribution in [0, 0.1) is 5.41 Å². The van der Waals surface area contributed by atoms with E-state index in [9.17, 15) is 14.4 Å². The van der Waals surface area contributed by atoms with E-state index in [4.69, 9.17) is 0 Å². The lowest BCUT2D eigenvalue weighted by atomic mass is 10.0. The lowest BCUT2D eigenvalue weighted by molar-refractivity contribution is -0.136. The summed E-state index contributed by atoms with van der Waals surface area (Å²) in [7, 11) is 0. The number of rotatable bonds is 1. The van der Waals surface area contributed by atoms with E-state index >= 15 is 0 Å². The van der Waals surface area contributed by atoms with Gasteiger partial charge in [0.25, 0.3) is 5.91 Å². The first-order chi connectivity index (χ1) is 8.56. The number of amides is 4. The number of carbonyl (C=O) groups excluding carboxylic acids is 3. The zero-order valence-electron chi connectivity index (χ0n) is 9.27. The third-order valence-corrected chi connectivity index (χ3v) is 3.98. The molecule has 0 bridgehead atoms. The average molecular weight is 309 g/mol. The number of halogens is 1. The Hall–Kier alpha value is -1.69. The summed E-state index contributed by atoms with van der Waals surface area (Å²) in [5.74, 6) is -0.899. The van der Waals surface area contributed by atoms with Gasteiger partial charge in [-0.1, -0.05) is 12.1 Å². The second-order valence-electron chi connectivity index (χ2n) is 4.43. The molecule has 1 saturated carbocycles. The quantitative estimate of drug-likeness (QED) is 0.805. The van der Waals surface area contributed by atoms with Crippen LogP contribution >= 0.6 is 15.9 Å². The Kier molecular flexibility index (Phi) is 2.31. The monoisotopic (exact) mass is 308 g/mol. The third-order valence-electron chi connectivity index (χ3n) is 3.31. The SMILES string of the molecule is O=C1NC(=O)C2(CC2)C(=O)N1c1ccccc1Br. The summed E-state index contributed by atoms with van der Waals surface area (Å²) in [6.07, 6.45) is 1.01. The van der Waals surface area contributed by atoms with Gasteiger partial charge in [-0.15, -0.1) is 0 Å². The van der Waals surface area contributed by atoms with Crippen molar-refractivity contribution in [3.05, 3.63) is 28.7 Å². The van der Waals surface area contributed by atoms with Gasteiger partial charge in [0.2, 0.25) is 5.91 Å². The maximum Gasteiger partial charge on any atom is 0.335 e. The van der Waals surface area contributed by atoms with E-state index in [2.05, 4.69) is 21.2 Å². The average Bonchev–Trinajstić information content (AvgIpc) is 3.11. The van der Waals surface area contributed by atoms with Crippen LogP contribution in [0.4, 0.5) is 10.5 Å². The number of hydrogen-bond acceptors (Lipinski definition) is 3. The van der Waals surface area contributed by atoms with E-state index in [-0.39, 0.29) is 0 Å². The van der Waals surface area contributed by atoms with Gasteiger partial charge < -0.3 is 0 Å². The molecule has 1 aromatic carbocycles. The smallest absolute Gasteiger partial charge is 0.276 e. The molecule has 18 heavy (non-hydrogen) atoms. The number of hydrogen-bond donors (Lipinski definition) is 1. The summed E-state index contributed by atoms with van der Waals surface area (Å²) < 4.78 is 0.638. The van der Waals surface area contributed by atoms with Crippen LogP contribution in [-0.4, -0.2) is 17.8 Å². The number of para-hydroxylation sites is 1. The standard InChI is InChI=1S/C12H9BrN2O3/c13-7-3-1-2-4-8(7)15-10(17)12(5-6-12)9(16)14-11(15)18/h1-4H,5-6H2,(H,14,16,18). The van der Waals surface area contributed by atoms with Crippen LogP contribution in [0.1, 0.15) is 12.8 Å². The molecule has 4 amide bonds. The van der Waals surface area contributed by atoms with Gasteiger partial charge in [0.1, 0.15) is 5.41 Å². The number of nitrogens with zero attached hydrogens (tertiary/aromatic N) is 1. The molecule has 3 rings (SSSR count). The second kappa shape index (κ2) is 3.65. The minimum Gasteiger partial charge on any atom is -0.276 e. The molecule has 1 aliphatic heterocycles. The summed E-state index contributed by atoms with van der Waals surface area (Å²) in [6.45, 7) is 0. The molecule has 0 unspecified atom stereocenters. The van der Waals surface area contributed by atoms with Gasteiger partial charge in [0.15, 0.2) is 0 Å². The molecule has 1 spiro atoms. The summed E-state index contributed by atoms with van der Waals surface area (Å²) in [4.78, 5) is 36.9. The van der Waals surface area contributed by atoms with Crippen LogP contribution < -0.4 is 10.2 Å². The summed E-state index contributed by atoms with van der Waals surface area (Å²) in [6, 6.07) is 6.24. The van der Waals surface area contributed by atoms with E-state index in [1.807, 2.05) is 0 Å². The Morgan fingerprint density at radius 3 is 2.44 bits per heavy atom. The van der Waals surface area contributed by atoms with Crippen molar-refractivity contribution in [3.8, 4) is 0 Å². The lowest BCUT2D eigenvalue weighted by Gasteiger charge is -2.30. The van der Waals surface area contributed by atoms with Gasteiger partial charge in [-0.2, -0.15) is 0 Å². The van der Waals surface area contributed by atoms with E-state index in [0.717, 1.165) is 4.90 Å². The Bertz CT molecular complexity index is 580. The van der Waals surface area contributed by atoms with Crippen molar-refractivity contribution in [2.75, 3.05) is 4.90 Å². The first-order valence-electron chi connectivity index (χ1n) is 5.51. The molecule has 0 aromatic heterocycles. The molecule has 1 saturated heterocycles. The first kappa shape index (κ1) is 11.4. The summed E-state index contributed by atoms with van der Waals surface area (Å²) in [5.41, 5.74) is -0.554. The number of barbiturate groups is 1. The largest absolute Gasteiger partial charge is 0.335 e. The fraction of sp³-hybridized carbons (Fsp3) is 0.250. The Labute approximate surface area is 111 Å². The Balaban J connectivity index is 2.06. The molecule has 92 valence electrons. The normalized spacial score (nSPS) is 21.2. The van der Waals surface area contributed by atoms with Gasteiger partial charge in [-0.3, -0.25) is 14.9 Å². The van der Waals surface area contributed by atoms with E-state index < -0.39 is 23.3 Å². The third kappa shape index (κ3) is 1.42. The molecular weight excluding hydrogens is 300 g/mol. The zero-order chi connectivity index (χ0) is 12.9. The summed E-state index contributed by atoms with van der Waals surface area (Å²) in [5, 5.41) is 2.24. The number of imide groups is 2. The number of urea groups is 1. The van der Waals surface area contributed by atoms with Crippen molar-refractivity contribution in [3.63, 3.8) is 0 Å². The number of anilines is 1. The van der Waals surface area contributed by atoms with Crippen LogP contribution in [0.25, 0.3) is 0 Å². The van der Waals surface area contributed by atoms with Crippen molar-refractivity contribution in [2.24, 2.45) is 5.41 Å². The van der Waals surface area contributed by atoms with Gasteiger partial charge in [-0.25, -0.2) is 9.69 Å². The van der Waals surface area contributed by atoms with E-state index in [1.165, 1.54) is 0 Å². The Morgan fingerprint density at radius 1 is 1.17 bits per heavy atom. The maximum atomic E-state index is 12.3. The fourth-order valence-corrected chi connectivity index (χ4v) is 2.56. The Morgan fingerprint density at radius 2 is 1.83 bits per heavy atom. The highest BCUT2D eigenvalue weighted by atomic mass is 79.9. The van der Waals surface area contributed by atoms with Gasteiger partial charge >= 0.3 is 6.03 Å². The molecule has 0 radical (unpaired) electrons. The number of nitrogens with one attached hydrogen (secondary N) is 1. The molecule has 1 aromatic rings. The van der Waals surface area contributed by atoms with Crippen LogP contribution in [0.2, 0.25) is 0 Å². The number of benzene rings is 1. The zero-order valence-corrected chi connectivity index (χ0v) is 10.9. The lowest BCUT2D eigenvalue weighted by Crippen LogP contribution is -2.59. The van der Waals surface area contributed by atoms with Crippen molar-refractivity contribution in [1.82, 2.24) is 5.32 Å². The van der Waals surface area contributed by atoms with Crippen LogP contribution in [0.5, 0.6) is 0 Å². The molecule has 5 nitrogen and oxygen atoms in total. The van der Waals surface area contributed by atoms with Crippen molar-refractivity contribution in [1.29, 1.82) is 0 Å². The molecule has 1 heterocycles. The van der Waals surface area contributed by atoms with Gasteiger partial charge in [-0.05, 0) is 40.9 Å². The van der Waals surface area contributed by atoms with Gasteiger partial charge in [0.05, 0.1) is 5.69 Å². The predicted octanol–water partition coefficient (Wildman–Crippen LogP) is 1.81. The second-order valence-corrected chi connectivity index (χ2v) is 5.29. The van der Waals surface area contributed by atoms with Crippen molar-refractivity contribution < 1.29 is 14.4 Å². The number of carbonyl (C=O) groups is 3. The van der Waals surface area contributed by atoms with Crippen molar-refractivity contribution in [2.45, 2.75) is 12.8 Å². The highest BCUT2D eigenvalue weighted by molar-refractivity contribution is 9.10. The molecule has 0 atom stereocenters. The summed E-state index contributed by atoms with van der Waals surface area (Å²) >= 11 is 3.30. The van der Waals surface area contributed by atoms with Gasteiger partial charge in [0, 0.05) is 4.47 Å². The van der Waals surface area contributed by atoms with Crippen molar-refractivity contribution >= 4 is 39.5 Å². The molecule has 2 fully saturated rings. The minimum atomic E-state index is -1.01. The molecule has 2 aliphatic rings.